The molecule has 2 aromatic rings. The molecule has 0 radical (unpaired) electrons. The third-order valence-corrected chi connectivity index (χ3v) is 8.11. The largest absolute Gasteiger partial charge is 0.370 e. The first-order chi connectivity index (χ1) is 13.6. The van der Waals surface area contributed by atoms with Gasteiger partial charge >= 0.3 is 0 Å². The molecule has 28 heavy (non-hydrogen) atoms. The van der Waals surface area contributed by atoms with E-state index in [2.05, 4.69) is 34.3 Å². The van der Waals surface area contributed by atoms with Crippen molar-refractivity contribution in [3.63, 3.8) is 0 Å². The Bertz CT molecular complexity index is 814. The Hall–Kier alpha value is -1.28. The van der Waals surface area contributed by atoms with E-state index in [0.717, 1.165) is 62.5 Å². The lowest BCUT2D eigenvalue weighted by Gasteiger charge is -2.49. The van der Waals surface area contributed by atoms with Crippen molar-refractivity contribution >= 4 is 28.6 Å². The molecule has 1 spiro atoms. The van der Waals surface area contributed by atoms with Crippen molar-refractivity contribution in [2.24, 2.45) is 0 Å². The van der Waals surface area contributed by atoms with E-state index >= 15 is 0 Å². The molecule has 1 saturated carbocycles. The standard InChI is InChI=1S/C21H29N3O2S2/c1-3-16-7-8-17(28-16)12-24-10-11-26-21(13-24)9-5-4-6-18(21)23-20(25)19-15(2)22-14-27-19/h7-8,14,18H,3-6,9-13H2,1-2H3,(H,23,25)/t18-,21+/m1/s1. The van der Waals surface area contributed by atoms with Crippen molar-refractivity contribution in [2.75, 3.05) is 19.7 Å². The maximum Gasteiger partial charge on any atom is 0.263 e. The monoisotopic (exact) mass is 419 g/mol. The predicted molar refractivity (Wildman–Crippen MR) is 114 cm³/mol. The number of hydrogen-bond donors (Lipinski definition) is 1. The zero-order chi connectivity index (χ0) is 19.6. The van der Waals surface area contributed by atoms with Gasteiger partial charge in [-0.2, -0.15) is 0 Å². The first kappa shape index (κ1) is 20.0. The van der Waals surface area contributed by atoms with Crippen LogP contribution in [0.4, 0.5) is 0 Å². The minimum absolute atomic E-state index is 0.00200. The molecule has 2 aliphatic rings. The van der Waals surface area contributed by atoms with Crippen LogP contribution < -0.4 is 5.32 Å². The Balaban J connectivity index is 1.46. The molecule has 2 atom stereocenters. The van der Waals surface area contributed by atoms with Gasteiger partial charge in [-0.05, 0) is 38.3 Å². The Labute approximate surface area is 175 Å². The van der Waals surface area contributed by atoms with Gasteiger partial charge in [-0.1, -0.05) is 19.8 Å². The van der Waals surface area contributed by atoms with Gasteiger partial charge in [-0.3, -0.25) is 9.69 Å². The number of nitrogens with one attached hydrogen (secondary N) is 1. The number of nitrogens with zero attached hydrogens (tertiary/aromatic N) is 2. The van der Waals surface area contributed by atoms with Crippen LogP contribution in [-0.2, 0) is 17.7 Å². The van der Waals surface area contributed by atoms with Gasteiger partial charge in [0.1, 0.15) is 10.5 Å². The summed E-state index contributed by atoms with van der Waals surface area (Å²) in [5, 5.41) is 3.30. The molecule has 0 unspecified atom stereocenters. The molecule has 0 bridgehead atoms. The van der Waals surface area contributed by atoms with Crippen LogP contribution in [-0.4, -0.2) is 47.1 Å². The van der Waals surface area contributed by atoms with E-state index in [4.69, 9.17) is 4.74 Å². The van der Waals surface area contributed by atoms with E-state index in [9.17, 15) is 4.79 Å². The van der Waals surface area contributed by atoms with E-state index in [-0.39, 0.29) is 17.6 Å². The fraction of sp³-hybridized carbons (Fsp3) is 0.619. The number of carbonyl (C=O) groups excluding carboxylic acids is 1. The van der Waals surface area contributed by atoms with Crippen molar-refractivity contribution in [1.82, 2.24) is 15.2 Å². The molecular weight excluding hydrogens is 390 g/mol. The number of amides is 1. The van der Waals surface area contributed by atoms with Crippen LogP contribution in [0, 0.1) is 6.92 Å². The second-order valence-corrected chi connectivity index (χ2v) is 9.99. The van der Waals surface area contributed by atoms with Crippen LogP contribution >= 0.6 is 22.7 Å². The summed E-state index contributed by atoms with van der Waals surface area (Å²) < 4.78 is 6.40. The molecule has 152 valence electrons. The number of thiophene rings is 1. The van der Waals surface area contributed by atoms with E-state index < -0.39 is 0 Å². The zero-order valence-corrected chi connectivity index (χ0v) is 18.3. The topological polar surface area (TPSA) is 54.5 Å². The predicted octanol–water partition coefficient (Wildman–Crippen LogP) is 4.02. The van der Waals surface area contributed by atoms with Crippen molar-refractivity contribution in [2.45, 2.75) is 64.1 Å². The van der Waals surface area contributed by atoms with Gasteiger partial charge in [0.25, 0.3) is 5.91 Å². The zero-order valence-electron chi connectivity index (χ0n) is 16.7. The van der Waals surface area contributed by atoms with Crippen LogP contribution in [0.1, 0.15) is 57.7 Å². The van der Waals surface area contributed by atoms with Gasteiger partial charge in [0, 0.05) is 29.4 Å². The molecule has 1 aliphatic heterocycles. The Morgan fingerprint density at radius 3 is 3.00 bits per heavy atom. The van der Waals surface area contributed by atoms with Crippen LogP contribution in [0.3, 0.4) is 0 Å². The van der Waals surface area contributed by atoms with E-state index in [1.165, 1.54) is 27.5 Å². The summed E-state index contributed by atoms with van der Waals surface area (Å²) in [6, 6.07) is 4.57. The van der Waals surface area contributed by atoms with E-state index in [1.54, 1.807) is 5.51 Å². The number of thiazole rings is 1. The van der Waals surface area contributed by atoms with E-state index in [0.29, 0.717) is 0 Å². The Morgan fingerprint density at radius 1 is 1.39 bits per heavy atom. The van der Waals surface area contributed by atoms with Crippen LogP contribution in [0.25, 0.3) is 0 Å². The SMILES string of the molecule is CCc1ccc(CN2CCO[C@@]3(CCCC[C@H]3NC(=O)c3scnc3C)C2)s1. The Kier molecular flexibility index (Phi) is 6.16. The summed E-state index contributed by atoms with van der Waals surface area (Å²) in [4.78, 5) is 23.1. The van der Waals surface area contributed by atoms with Crippen molar-refractivity contribution in [3.8, 4) is 0 Å². The number of hydrogen-bond acceptors (Lipinski definition) is 6. The quantitative estimate of drug-likeness (QED) is 0.795. The molecule has 0 aromatic carbocycles. The second kappa shape index (κ2) is 8.61. The number of rotatable bonds is 5. The van der Waals surface area contributed by atoms with Gasteiger partial charge in [-0.15, -0.1) is 22.7 Å². The summed E-state index contributed by atoms with van der Waals surface area (Å²) >= 11 is 3.33. The highest BCUT2D eigenvalue weighted by Gasteiger charge is 2.46. The van der Waals surface area contributed by atoms with Crippen molar-refractivity contribution < 1.29 is 9.53 Å². The highest BCUT2D eigenvalue weighted by atomic mass is 32.1. The third-order valence-electron chi connectivity index (χ3n) is 5.97. The molecular formula is C21H29N3O2S2. The number of aromatic nitrogens is 1. The summed E-state index contributed by atoms with van der Waals surface area (Å²) in [7, 11) is 0. The van der Waals surface area contributed by atoms with Crippen LogP contribution in [0.15, 0.2) is 17.6 Å². The average Bonchev–Trinajstić information content (AvgIpc) is 3.32. The highest BCUT2D eigenvalue weighted by Crippen LogP contribution is 2.36. The minimum atomic E-state index is -0.268. The van der Waals surface area contributed by atoms with Gasteiger partial charge in [0.05, 0.1) is 23.9 Å². The molecule has 1 amide bonds. The van der Waals surface area contributed by atoms with Crippen molar-refractivity contribution in [1.29, 1.82) is 0 Å². The first-order valence-corrected chi connectivity index (χ1v) is 11.9. The number of carbonyl (C=O) groups is 1. The van der Waals surface area contributed by atoms with Gasteiger partial charge in [0.2, 0.25) is 0 Å². The summed E-state index contributed by atoms with van der Waals surface area (Å²) in [5.41, 5.74) is 2.28. The summed E-state index contributed by atoms with van der Waals surface area (Å²) in [5.74, 6) is -0.00200. The lowest BCUT2D eigenvalue weighted by atomic mass is 9.78. The molecule has 7 heteroatoms. The molecule has 1 aliphatic carbocycles. The molecule has 1 saturated heterocycles. The maximum atomic E-state index is 12.8. The number of aryl methyl sites for hydroxylation is 2. The van der Waals surface area contributed by atoms with Crippen LogP contribution in [0.2, 0.25) is 0 Å². The fourth-order valence-electron chi connectivity index (χ4n) is 4.45. The average molecular weight is 420 g/mol. The molecule has 5 nitrogen and oxygen atoms in total. The van der Waals surface area contributed by atoms with Gasteiger partial charge < -0.3 is 10.1 Å². The Morgan fingerprint density at radius 2 is 2.25 bits per heavy atom. The summed E-state index contributed by atoms with van der Waals surface area (Å²) in [6.45, 7) is 7.66. The lowest BCUT2D eigenvalue weighted by Crippen LogP contribution is -2.63. The number of morpholine rings is 1. The number of ether oxygens (including phenoxy) is 1. The smallest absolute Gasteiger partial charge is 0.263 e. The fourth-order valence-corrected chi connectivity index (χ4v) is 6.16. The molecule has 2 aromatic heterocycles. The van der Waals surface area contributed by atoms with Crippen molar-refractivity contribution in [3.05, 3.63) is 38.0 Å². The molecule has 2 fully saturated rings. The van der Waals surface area contributed by atoms with Gasteiger partial charge in [-0.25, -0.2) is 4.98 Å². The highest BCUT2D eigenvalue weighted by molar-refractivity contribution is 7.12. The first-order valence-electron chi connectivity index (χ1n) is 10.2. The minimum Gasteiger partial charge on any atom is -0.370 e. The van der Waals surface area contributed by atoms with E-state index in [1.807, 2.05) is 18.3 Å². The molecule has 4 rings (SSSR count). The lowest BCUT2D eigenvalue weighted by molar-refractivity contribution is -0.142. The van der Waals surface area contributed by atoms with Crippen LogP contribution in [0.5, 0.6) is 0 Å². The van der Waals surface area contributed by atoms with Gasteiger partial charge in [0.15, 0.2) is 0 Å². The third kappa shape index (κ3) is 4.17. The maximum absolute atomic E-state index is 12.8. The molecule has 3 heterocycles. The summed E-state index contributed by atoms with van der Waals surface area (Å²) in [6.07, 6.45) is 5.40. The molecule has 1 N–H and O–H groups in total. The normalized spacial score (nSPS) is 25.9. The second-order valence-electron chi connectivity index (χ2n) is 7.88.